The van der Waals surface area contributed by atoms with E-state index < -0.39 is 5.91 Å². The van der Waals surface area contributed by atoms with E-state index in [0.29, 0.717) is 22.9 Å². The summed E-state index contributed by atoms with van der Waals surface area (Å²) in [6.45, 7) is 0.437. The fourth-order valence-corrected chi connectivity index (χ4v) is 3.01. The third kappa shape index (κ3) is 5.53. The van der Waals surface area contributed by atoms with Crippen LogP contribution in [0.15, 0.2) is 84.0 Å². The fraction of sp³-hybridized carbons (Fsp3) is 0.0417. The van der Waals surface area contributed by atoms with Gasteiger partial charge in [-0.25, -0.2) is 5.43 Å². The molecule has 0 atom stereocenters. The highest BCUT2D eigenvalue weighted by Gasteiger charge is 2.10. The molecule has 0 fully saturated rings. The van der Waals surface area contributed by atoms with Crippen LogP contribution in [0, 0.1) is 0 Å². The van der Waals surface area contributed by atoms with Crippen molar-refractivity contribution in [2.24, 2.45) is 5.10 Å². The molecule has 0 saturated carbocycles. The van der Waals surface area contributed by atoms with Crippen molar-refractivity contribution in [3.8, 4) is 22.8 Å². The molecule has 4 aromatic rings. The van der Waals surface area contributed by atoms with E-state index in [-0.39, 0.29) is 11.4 Å². The molecule has 160 valence electrons. The molecule has 4 rings (SSSR count). The number of phenols is 1. The lowest BCUT2D eigenvalue weighted by Crippen LogP contribution is -2.17. The summed E-state index contributed by atoms with van der Waals surface area (Å²) in [5.74, 6) is 0.418. The molecule has 1 amide bonds. The van der Waals surface area contributed by atoms with Gasteiger partial charge in [-0.2, -0.15) is 10.2 Å². The largest absolute Gasteiger partial charge is 0.508 e. The summed E-state index contributed by atoms with van der Waals surface area (Å²) in [6.07, 6.45) is 1.44. The average molecular weight is 447 g/mol. The first-order valence-electron chi connectivity index (χ1n) is 9.72. The highest BCUT2D eigenvalue weighted by Crippen LogP contribution is 2.22. The summed E-state index contributed by atoms with van der Waals surface area (Å²) < 4.78 is 5.79. The molecule has 0 unspecified atom stereocenters. The van der Waals surface area contributed by atoms with Crippen molar-refractivity contribution in [1.29, 1.82) is 0 Å². The minimum atomic E-state index is -0.428. The molecule has 32 heavy (non-hydrogen) atoms. The maximum Gasteiger partial charge on any atom is 0.289 e. The molecule has 0 radical (unpaired) electrons. The zero-order valence-corrected chi connectivity index (χ0v) is 17.6. The van der Waals surface area contributed by atoms with Crippen LogP contribution in [-0.2, 0) is 6.61 Å². The van der Waals surface area contributed by atoms with Gasteiger partial charge in [0.25, 0.3) is 5.91 Å². The summed E-state index contributed by atoms with van der Waals surface area (Å²) >= 11 is 5.89. The monoisotopic (exact) mass is 446 g/mol. The number of aromatic hydroxyl groups is 1. The molecule has 0 spiro atoms. The van der Waals surface area contributed by atoms with Gasteiger partial charge in [-0.05, 0) is 65.7 Å². The van der Waals surface area contributed by atoms with Crippen LogP contribution in [0.3, 0.4) is 0 Å². The topological polar surface area (TPSA) is 99.6 Å². The van der Waals surface area contributed by atoms with Gasteiger partial charge in [-0.15, -0.1) is 0 Å². The van der Waals surface area contributed by atoms with E-state index >= 15 is 0 Å². The van der Waals surface area contributed by atoms with E-state index in [1.807, 2.05) is 48.5 Å². The Balaban J connectivity index is 1.34. The predicted molar refractivity (Wildman–Crippen MR) is 123 cm³/mol. The standard InChI is InChI=1S/C24H19ClN4O3/c25-19-8-4-16(5-9-19)15-32-21-10-6-18(7-11-21)22-13-23(28-27-22)24(31)29-26-14-17-2-1-3-20(30)12-17/h1-14,30H,15H2,(H,27,28)(H,29,31)/b26-14-. The van der Waals surface area contributed by atoms with Crippen molar-refractivity contribution in [3.63, 3.8) is 0 Å². The number of hydrogen-bond acceptors (Lipinski definition) is 5. The minimum Gasteiger partial charge on any atom is -0.508 e. The Labute approximate surface area is 189 Å². The molecular formula is C24H19ClN4O3. The van der Waals surface area contributed by atoms with Gasteiger partial charge in [-0.3, -0.25) is 9.89 Å². The number of hydrazone groups is 1. The van der Waals surface area contributed by atoms with E-state index in [9.17, 15) is 9.90 Å². The third-order valence-electron chi connectivity index (χ3n) is 4.54. The molecule has 0 aliphatic rings. The summed E-state index contributed by atoms with van der Waals surface area (Å²) in [6, 6.07) is 23.1. The summed E-state index contributed by atoms with van der Waals surface area (Å²) in [4.78, 5) is 12.3. The summed E-state index contributed by atoms with van der Waals surface area (Å²) in [5.41, 5.74) is 5.84. The fourth-order valence-electron chi connectivity index (χ4n) is 2.89. The number of phenolic OH excluding ortho intramolecular Hbond substituents is 1. The second-order valence-corrected chi connectivity index (χ2v) is 7.34. The van der Waals surface area contributed by atoms with Gasteiger partial charge in [0, 0.05) is 10.6 Å². The number of amides is 1. The Kier molecular flexibility index (Phi) is 6.48. The smallest absolute Gasteiger partial charge is 0.289 e. The number of aromatic amines is 1. The lowest BCUT2D eigenvalue weighted by atomic mass is 10.1. The summed E-state index contributed by atoms with van der Waals surface area (Å²) in [5, 5.41) is 20.9. The molecular weight excluding hydrogens is 428 g/mol. The normalized spacial score (nSPS) is 10.9. The van der Waals surface area contributed by atoms with Crippen molar-refractivity contribution >= 4 is 23.7 Å². The molecule has 3 aromatic carbocycles. The Morgan fingerprint density at radius 1 is 1.09 bits per heavy atom. The lowest BCUT2D eigenvalue weighted by Gasteiger charge is -2.07. The molecule has 0 aliphatic heterocycles. The maximum atomic E-state index is 12.3. The Bertz CT molecular complexity index is 1230. The number of ether oxygens (including phenoxy) is 1. The van der Waals surface area contributed by atoms with Crippen LogP contribution in [0.25, 0.3) is 11.3 Å². The SMILES string of the molecule is O=C(N/N=C\c1cccc(O)c1)c1cc(-c2ccc(OCc3ccc(Cl)cc3)cc2)n[nH]1. The summed E-state index contributed by atoms with van der Waals surface area (Å²) in [7, 11) is 0. The van der Waals surface area contributed by atoms with Gasteiger partial charge < -0.3 is 9.84 Å². The van der Waals surface area contributed by atoms with Gasteiger partial charge in [0.05, 0.1) is 11.9 Å². The Morgan fingerprint density at radius 3 is 2.62 bits per heavy atom. The van der Waals surface area contributed by atoms with Gasteiger partial charge >= 0.3 is 0 Å². The van der Waals surface area contributed by atoms with Crippen LogP contribution < -0.4 is 10.2 Å². The highest BCUT2D eigenvalue weighted by molar-refractivity contribution is 6.30. The minimum absolute atomic E-state index is 0.125. The molecule has 1 aromatic heterocycles. The number of rotatable bonds is 7. The van der Waals surface area contributed by atoms with Gasteiger partial charge in [-0.1, -0.05) is 35.9 Å². The second-order valence-electron chi connectivity index (χ2n) is 6.90. The molecule has 3 N–H and O–H groups in total. The zero-order chi connectivity index (χ0) is 22.3. The third-order valence-corrected chi connectivity index (χ3v) is 4.79. The van der Waals surface area contributed by atoms with Crippen molar-refractivity contribution in [2.45, 2.75) is 6.61 Å². The quantitative estimate of drug-likeness (QED) is 0.281. The van der Waals surface area contributed by atoms with Crippen molar-refractivity contribution < 1.29 is 14.6 Å². The van der Waals surface area contributed by atoms with Crippen molar-refractivity contribution in [2.75, 3.05) is 0 Å². The number of carbonyl (C=O) groups excluding carboxylic acids is 1. The molecule has 8 heteroatoms. The molecule has 0 aliphatic carbocycles. The first-order valence-corrected chi connectivity index (χ1v) is 10.1. The van der Waals surface area contributed by atoms with Crippen LogP contribution >= 0.6 is 11.6 Å². The van der Waals surface area contributed by atoms with E-state index in [1.54, 1.807) is 24.3 Å². The van der Waals surface area contributed by atoms with Gasteiger partial charge in [0.1, 0.15) is 23.8 Å². The van der Waals surface area contributed by atoms with Crippen LogP contribution in [0.5, 0.6) is 11.5 Å². The number of hydrogen-bond donors (Lipinski definition) is 3. The zero-order valence-electron chi connectivity index (χ0n) is 16.8. The number of nitrogens with zero attached hydrogens (tertiary/aromatic N) is 2. The Morgan fingerprint density at radius 2 is 1.88 bits per heavy atom. The second kappa shape index (κ2) is 9.80. The number of halogens is 1. The van der Waals surface area contributed by atoms with Crippen LogP contribution in [0.1, 0.15) is 21.6 Å². The van der Waals surface area contributed by atoms with Crippen LogP contribution in [0.2, 0.25) is 5.02 Å². The van der Waals surface area contributed by atoms with E-state index in [1.165, 1.54) is 12.3 Å². The Hall–Kier alpha value is -4.10. The first-order chi connectivity index (χ1) is 15.6. The van der Waals surface area contributed by atoms with E-state index in [2.05, 4.69) is 20.7 Å². The number of benzene rings is 3. The molecule has 1 heterocycles. The molecule has 0 saturated heterocycles. The number of H-pyrrole nitrogens is 1. The van der Waals surface area contributed by atoms with E-state index in [4.69, 9.17) is 16.3 Å². The van der Waals surface area contributed by atoms with Gasteiger partial charge in [0.15, 0.2) is 0 Å². The lowest BCUT2D eigenvalue weighted by molar-refractivity contribution is 0.0950. The molecule has 7 nitrogen and oxygen atoms in total. The first kappa shape index (κ1) is 21.1. The van der Waals surface area contributed by atoms with Crippen LogP contribution in [0.4, 0.5) is 0 Å². The van der Waals surface area contributed by atoms with Gasteiger partial charge in [0.2, 0.25) is 0 Å². The maximum absolute atomic E-state index is 12.3. The van der Waals surface area contributed by atoms with Crippen molar-refractivity contribution in [1.82, 2.24) is 15.6 Å². The predicted octanol–water partition coefficient (Wildman–Crippen LogP) is 4.78. The highest BCUT2D eigenvalue weighted by atomic mass is 35.5. The number of carbonyl (C=O) groups is 1. The van der Waals surface area contributed by atoms with Crippen molar-refractivity contribution in [3.05, 3.63) is 101 Å². The number of nitrogens with one attached hydrogen (secondary N) is 2. The average Bonchev–Trinajstić information content (AvgIpc) is 3.30. The molecule has 0 bridgehead atoms. The number of aromatic nitrogens is 2. The van der Waals surface area contributed by atoms with E-state index in [0.717, 1.165) is 16.9 Å². The van der Waals surface area contributed by atoms with Crippen LogP contribution in [-0.4, -0.2) is 27.4 Å².